The molecule has 0 radical (unpaired) electrons. The van der Waals surface area contributed by atoms with Gasteiger partial charge in [0, 0.05) is 6.42 Å². The summed E-state index contributed by atoms with van der Waals surface area (Å²) in [7, 11) is 3.20. The maximum atomic E-state index is 12.6. The average Bonchev–Trinajstić information content (AvgIpc) is 2.71. The van der Waals surface area contributed by atoms with Crippen molar-refractivity contribution in [3.05, 3.63) is 59.7 Å². The van der Waals surface area contributed by atoms with Gasteiger partial charge in [-0.25, -0.2) is 0 Å². The molecule has 0 aliphatic heterocycles. The van der Waals surface area contributed by atoms with E-state index in [1.54, 1.807) is 40.2 Å². The number of carbonyl (C=O) groups excluding carboxylic acids is 2. The number of hydrogen-bond acceptors (Lipinski definition) is 5. The van der Waals surface area contributed by atoms with Crippen LogP contribution in [0.4, 0.5) is 0 Å². The first kappa shape index (κ1) is 22.3. The maximum absolute atomic E-state index is 12.6. The van der Waals surface area contributed by atoms with Crippen molar-refractivity contribution < 1.29 is 23.8 Å². The van der Waals surface area contributed by atoms with E-state index in [-0.39, 0.29) is 30.8 Å². The number of para-hydroxylation sites is 1. The predicted octanol–water partition coefficient (Wildman–Crippen LogP) is 3.84. The smallest absolute Gasteiger partial charge is 0.308 e. The van der Waals surface area contributed by atoms with Gasteiger partial charge in [0.1, 0.15) is 11.5 Å². The highest BCUT2D eigenvalue weighted by Gasteiger charge is 2.20. The quantitative estimate of drug-likeness (QED) is 0.615. The van der Waals surface area contributed by atoms with Gasteiger partial charge in [-0.2, -0.15) is 0 Å². The van der Waals surface area contributed by atoms with E-state index in [9.17, 15) is 9.59 Å². The van der Waals surface area contributed by atoms with Gasteiger partial charge in [0.15, 0.2) is 0 Å². The van der Waals surface area contributed by atoms with Crippen LogP contribution in [0.15, 0.2) is 48.5 Å². The Kier molecular flexibility index (Phi) is 8.52. The fourth-order valence-corrected chi connectivity index (χ4v) is 2.99. The summed E-state index contributed by atoms with van der Waals surface area (Å²) < 4.78 is 15.8. The van der Waals surface area contributed by atoms with Crippen LogP contribution >= 0.6 is 0 Å². The monoisotopic (exact) mass is 399 g/mol. The average molecular weight is 399 g/mol. The van der Waals surface area contributed by atoms with E-state index in [4.69, 9.17) is 14.2 Å². The van der Waals surface area contributed by atoms with Crippen molar-refractivity contribution in [1.82, 2.24) is 5.32 Å². The third kappa shape index (κ3) is 7.14. The van der Waals surface area contributed by atoms with Gasteiger partial charge in [0.25, 0.3) is 0 Å². The van der Waals surface area contributed by atoms with E-state index in [0.29, 0.717) is 12.2 Å². The van der Waals surface area contributed by atoms with E-state index >= 15 is 0 Å². The minimum atomic E-state index is -0.475. The molecular weight excluding hydrogens is 370 g/mol. The standard InChI is InChI=1S/C23H29NO5/c1-16(2)29-23(26)15-20(17-9-12-19(27-3)13-10-17)24-22(25)14-11-18-7-5-6-8-21(18)28-4/h5-10,12-13,16,20H,11,14-15H2,1-4H3,(H,24,25). The lowest BCUT2D eigenvalue weighted by atomic mass is 10.0. The van der Waals surface area contributed by atoms with Crippen molar-refractivity contribution in [1.29, 1.82) is 0 Å². The van der Waals surface area contributed by atoms with E-state index in [1.165, 1.54) is 0 Å². The Morgan fingerprint density at radius 2 is 1.66 bits per heavy atom. The van der Waals surface area contributed by atoms with Crippen LogP contribution in [-0.4, -0.2) is 32.2 Å². The van der Waals surface area contributed by atoms with Crippen molar-refractivity contribution in [2.75, 3.05) is 14.2 Å². The van der Waals surface area contributed by atoms with Gasteiger partial charge >= 0.3 is 5.97 Å². The molecule has 0 aliphatic carbocycles. The molecule has 0 aliphatic rings. The van der Waals surface area contributed by atoms with Crippen LogP contribution in [0.1, 0.15) is 43.9 Å². The van der Waals surface area contributed by atoms with E-state index in [2.05, 4.69) is 5.32 Å². The normalized spacial score (nSPS) is 11.6. The molecule has 0 saturated carbocycles. The van der Waals surface area contributed by atoms with Gasteiger partial charge < -0.3 is 19.5 Å². The third-order valence-electron chi connectivity index (χ3n) is 4.41. The van der Waals surface area contributed by atoms with Gasteiger partial charge in [-0.3, -0.25) is 9.59 Å². The Morgan fingerprint density at radius 1 is 0.966 bits per heavy atom. The van der Waals surface area contributed by atoms with E-state index in [1.807, 2.05) is 36.4 Å². The molecule has 0 bridgehead atoms. The topological polar surface area (TPSA) is 73.9 Å². The van der Waals surface area contributed by atoms with Gasteiger partial charge in [0.05, 0.1) is 32.8 Å². The second-order valence-corrected chi connectivity index (χ2v) is 6.95. The fraction of sp³-hybridized carbons (Fsp3) is 0.391. The molecule has 2 aromatic rings. The zero-order valence-corrected chi connectivity index (χ0v) is 17.4. The third-order valence-corrected chi connectivity index (χ3v) is 4.41. The molecule has 1 N–H and O–H groups in total. The predicted molar refractivity (Wildman–Crippen MR) is 111 cm³/mol. The lowest BCUT2D eigenvalue weighted by Gasteiger charge is -2.20. The first-order chi connectivity index (χ1) is 13.9. The molecule has 0 fully saturated rings. The zero-order chi connectivity index (χ0) is 21.2. The van der Waals surface area contributed by atoms with Crippen molar-refractivity contribution in [2.45, 2.75) is 45.3 Å². The molecule has 1 atom stereocenters. The number of benzene rings is 2. The molecule has 0 aromatic heterocycles. The van der Waals surface area contributed by atoms with Crippen molar-refractivity contribution in [3.8, 4) is 11.5 Å². The minimum absolute atomic E-state index is 0.0604. The van der Waals surface area contributed by atoms with Crippen molar-refractivity contribution in [3.63, 3.8) is 0 Å². The Hall–Kier alpha value is -3.02. The molecular formula is C23H29NO5. The van der Waals surface area contributed by atoms with Gasteiger partial charge in [-0.1, -0.05) is 30.3 Å². The molecule has 0 spiro atoms. The molecule has 6 nitrogen and oxygen atoms in total. The number of nitrogens with one attached hydrogen (secondary N) is 1. The van der Waals surface area contributed by atoms with Crippen LogP contribution in [-0.2, 0) is 20.7 Å². The number of rotatable bonds is 10. The highest BCUT2D eigenvalue weighted by atomic mass is 16.5. The van der Waals surface area contributed by atoms with Crippen LogP contribution in [0.5, 0.6) is 11.5 Å². The zero-order valence-electron chi connectivity index (χ0n) is 17.4. The molecule has 29 heavy (non-hydrogen) atoms. The summed E-state index contributed by atoms with van der Waals surface area (Å²) in [6.45, 7) is 3.60. The van der Waals surface area contributed by atoms with Crippen LogP contribution in [0.2, 0.25) is 0 Å². The Labute approximate surface area is 172 Å². The molecule has 1 amide bonds. The number of ether oxygens (including phenoxy) is 3. The highest BCUT2D eigenvalue weighted by Crippen LogP contribution is 2.22. The Morgan fingerprint density at radius 3 is 2.28 bits per heavy atom. The van der Waals surface area contributed by atoms with Crippen LogP contribution < -0.4 is 14.8 Å². The van der Waals surface area contributed by atoms with Gasteiger partial charge in [-0.05, 0) is 49.6 Å². The summed E-state index contributed by atoms with van der Waals surface area (Å²) >= 11 is 0. The SMILES string of the molecule is COc1ccc(C(CC(=O)OC(C)C)NC(=O)CCc2ccccc2OC)cc1. The summed E-state index contributed by atoms with van der Waals surface area (Å²) in [5, 5.41) is 2.96. The number of amides is 1. The molecule has 6 heteroatoms. The van der Waals surface area contributed by atoms with E-state index < -0.39 is 6.04 Å². The lowest BCUT2D eigenvalue weighted by molar-refractivity contribution is -0.148. The first-order valence-electron chi connectivity index (χ1n) is 9.67. The van der Waals surface area contributed by atoms with Crippen molar-refractivity contribution in [2.24, 2.45) is 0 Å². The van der Waals surface area contributed by atoms with Crippen molar-refractivity contribution >= 4 is 11.9 Å². The van der Waals surface area contributed by atoms with Gasteiger partial charge in [-0.15, -0.1) is 0 Å². The number of esters is 1. The largest absolute Gasteiger partial charge is 0.497 e. The highest BCUT2D eigenvalue weighted by molar-refractivity contribution is 5.78. The first-order valence-corrected chi connectivity index (χ1v) is 9.67. The molecule has 0 heterocycles. The van der Waals surface area contributed by atoms with Crippen LogP contribution in [0.25, 0.3) is 0 Å². The summed E-state index contributed by atoms with van der Waals surface area (Å²) in [6, 6.07) is 14.4. The second-order valence-electron chi connectivity index (χ2n) is 6.95. The van der Waals surface area contributed by atoms with E-state index in [0.717, 1.165) is 16.9 Å². The number of methoxy groups -OCH3 is 2. The maximum Gasteiger partial charge on any atom is 0.308 e. The summed E-state index contributed by atoms with van der Waals surface area (Å²) in [4.78, 5) is 24.8. The Bertz CT molecular complexity index is 801. The summed E-state index contributed by atoms with van der Waals surface area (Å²) in [6.07, 6.45) is 0.680. The Balaban J connectivity index is 2.06. The number of aryl methyl sites for hydroxylation is 1. The number of carbonyl (C=O) groups is 2. The lowest BCUT2D eigenvalue weighted by Crippen LogP contribution is -2.31. The number of hydrogen-bond donors (Lipinski definition) is 1. The molecule has 1 unspecified atom stereocenters. The fourth-order valence-electron chi connectivity index (χ4n) is 2.99. The molecule has 2 rings (SSSR count). The van der Waals surface area contributed by atoms with Crippen LogP contribution in [0.3, 0.4) is 0 Å². The minimum Gasteiger partial charge on any atom is -0.497 e. The molecule has 0 saturated heterocycles. The summed E-state index contributed by atoms with van der Waals surface area (Å²) in [5.74, 6) is 0.965. The molecule has 2 aromatic carbocycles. The second kappa shape index (κ2) is 11.1. The summed E-state index contributed by atoms with van der Waals surface area (Å²) in [5.41, 5.74) is 1.78. The molecule has 156 valence electrons. The van der Waals surface area contributed by atoms with Crippen LogP contribution in [0, 0.1) is 0 Å². The van der Waals surface area contributed by atoms with Gasteiger partial charge in [0.2, 0.25) is 5.91 Å².